The Morgan fingerprint density at radius 3 is 2.13 bits per heavy atom. The van der Waals surface area contributed by atoms with E-state index in [0.29, 0.717) is 0 Å². The number of aliphatic hydroxyl groups excluding tert-OH is 1. The fourth-order valence-electron chi connectivity index (χ4n) is 7.12. The minimum absolute atomic E-state index is 0. The molecule has 4 nitrogen and oxygen atoms in total. The normalized spacial score (nSPS) is 12.6. The van der Waals surface area contributed by atoms with Crippen LogP contribution in [-0.4, -0.2) is 15.9 Å². The van der Waals surface area contributed by atoms with Gasteiger partial charge in [-0.05, 0) is 108 Å². The van der Waals surface area contributed by atoms with Gasteiger partial charge in [0.25, 0.3) is 0 Å². The summed E-state index contributed by atoms with van der Waals surface area (Å²) < 4.78 is 6.04. The van der Waals surface area contributed by atoms with Gasteiger partial charge < -0.3 is 14.5 Å². The smallest absolute Gasteiger partial charge is 0.162 e. The number of nitrogens with zero attached hydrogens (tertiary/aromatic N) is 1. The van der Waals surface area contributed by atoms with E-state index in [2.05, 4.69) is 71.0 Å². The van der Waals surface area contributed by atoms with Crippen LogP contribution in [0.5, 0.6) is 0 Å². The summed E-state index contributed by atoms with van der Waals surface area (Å²) in [4.78, 5) is 16.6. The van der Waals surface area contributed by atoms with E-state index in [9.17, 15) is 9.90 Å². The number of ketones is 1. The third kappa shape index (κ3) is 6.85. The molecule has 1 N–H and O–H groups in total. The van der Waals surface area contributed by atoms with Crippen molar-refractivity contribution in [3.8, 4) is 0 Å². The van der Waals surface area contributed by atoms with Crippen LogP contribution in [0.1, 0.15) is 96.6 Å². The van der Waals surface area contributed by atoms with Gasteiger partial charge in [0.2, 0.25) is 0 Å². The molecule has 6 rings (SSSR count). The molecular weight excluding hydrogens is 759 g/mol. The van der Waals surface area contributed by atoms with Gasteiger partial charge in [0.15, 0.2) is 5.78 Å². The molecule has 47 heavy (non-hydrogen) atoms. The predicted octanol–water partition coefficient (Wildman–Crippen LogP) is 12.1. The topological polar surface area (TPSA) is 63.3 Å². The standard InChI is InChI=1S/C29H26NO.C13H24O2.Ir/c1-15-17(3)31-25-13-23-22(12-21(15)25)19-8-7-9-20-24(14-29(4,5)6)16(2)18-10-11-30-28(23)27(18)26(19)20;1-5-10(6-2)12(14)9-13(15)11(7-3)8-4;/h7-12H,14H2,1-6H3;9-11,14H,5-8H2,1-4H3;/q-1;;/b;12-9-;. The molecule has 6 aromatic rings. The molecule has 0 saturated carbocycles. The number of aromatic nitrogens is 1. The molecule has 251 valence electrons. The Hall–Kier alpha value is -3.27. The molecule has 5 heteroatoms. The maximum atomic E-state index is 11.7. The van der Waals surface area contributed by atoms with Crippen molar-refractivity contribution in [2.24, 2.45) is 17.3 Å². The van der Waals surface area contributed by atoms with E-state index in [-0.39, 0.29) is 48.9 Å². The molecule has 0 saturated heterocycles. The van der Waals surface area contributed by atoms with Gasteiger partial charge in [-0.1, -0.05) is 88.9 Å². The summed E-state index contributed by atoms with van der Waals surface area (Å²) in [5.74, 6) is 1.50. The third-order valence-corrected chi connectivity index (χ3v) is 9.99. The minimum atomic E-state index is 0. The summed E-state index contributed by atoms with van der Waals surface area (Å²) >= 11 is 0. The number of furan rings is 1. The second-order valence-electron chi connectivity index (χ2n) is 14.2. The Bertz CT molecular complexity index is 2070. The number of aliphatic hydroxyl groups is 1. The first-order valence-corrected chi connectivity index (χ1v) is 17.1. The van der Waals surface area contributed by atoms with Crippen LogP contribution in [0.25, 0.3) is 54.2 Å². The number of benzene rings is 4. The van der Waals surface area contributed by atoms with Gasteiger partial charge in [0.05, 0.1) is 17.1 Å². The maximum Gasteiger partial charge on any atom is 0.162 e. The second kappa shape index (κ2) is 14.5. The van der Waals surface area contributed by atoms with Gasteiger partial charge in [0, 0.05) is 44.2 Å². The number of fused-ring (bicyclic) bond motifs is 4. The molecular formula is C42H50IrNO3-. The van der Waals surface area contributed by atoms with Crippen LogP contribution < -0.4 is 0 Å². The number of allylic oxidation sites excluding steroid dienone is 2. The molecule has 0 aliphatic carbocycles. The van der Waals surface area contributed by atoms with E-state index in [1.807, 2.05) is 40.8 Å². The molecule has 0 aliphatic heterocycles. The minimum Gasteiger partial charge on any atom is -0.512 e. The zero-order valence-electron chi connectivity index (χ0n) is 29.8. The van der Waals surface area contributed by atoms with Crippen molar-refractivity contribution in [1.29, 1.82) is 0 Å². The predicted molar refractivity (Wildman–Crippen MR) is 195 cm³/mol. The van der Waals surface area contributed by atoms with Crippen molar-refractivity contribution in [3.63, 3.8) is 0 Å². The number of carbonyl (C=O) groups is 1. The van der Waals surface area contributed by atoms with Crippen molar-refractivity contribution >= 4 is 60.0 Å². The molecule has 0 amide bonds. The number of rotatable bonds is 8. The average Bonchev–Trinajstić information content (AvgIpc) is 3.30. The van der Waals surface area contributed by atoms with Gasteiger partial charge in [0.1, 0.15) is 0 Å². The zero-order valence-corrected chi connectivity index (χ0v) is 32.2. The summed E-state index contributed by atoms with van der Waals surface area (Å²) in [5, 5.41) is 19.7. The fourth-order valence-corrected chi connectivity index (χ4v) is 7.12. The summed E-state index contributed by atoms with van der Waals surface area (Å²) in [7, 11) is 0. The molecule has 0 unspecified atom stereocenters. The number of hydrogen-bond donors (Lipinski definition) is 1. The van der Waals surface area contributed by atoms with Gasteiger partial charge in [-0.15, -0.1) is 11.5 Å². The van der Waals surface area contributed by atoms with E-state index in [1.165, 1.54) is 55.1 Å². The Labute approximate surface area is 293 Å². The van der Waals surface area contributed by atoms with E-state index in [1.54, 1.807) is 0 Å². The Kier molecular flexibility index (Phi) is 11.3. The fraction of sp³-hybridized carbons (Fsp3) is 0.429. The zero-order chi connectivity index (χ0) is 33.5. The summed E-state index contributed by atoms with van der Waals surface area (Å²) in [5.41, 5.74) is 6.07. The molecule has 0 aliphatic rings. The second-order valence-corrected chi connectivity index (χ2v) is 14.2. The number of aryl methyl sites for hydroxylation is 3. The van der Waals surface area contributed by atoms with Crippen LogP contribution in [-0.2, 0) is 31.3 Å². The average molecular weight is 809 g/mol. The van der Waals surface area contributed by atoms with Gasteiger partial charge >= 0.3 is 0 Å². The van der Waals surface area contributed by atoms with Crippen molar-refractivity contribution in [2.75, 3.05) is 0 Å². The Morgan fingerprint density at radius 1 is 0.872 bits per heavy atom. The maximum absolute atomic E-state index is 11.7. The van der Waals surface area contributed by atoms with Gasteiger partial charge in [-0.3, -0.25) is 4.79 Å². The van der Waals surface area contributed by atoms with Crippen molar-refractivity contribution in [2.45, 2.75) is 101 Å². The van der Waals surface area contributed by atoms with Gasteiger partial charge in [-0.25, -0.2) is 0 Å². The SMILES string of the molecule is CCC(CC)C(=O)/C=C(\O)C(CC)CC.Cc1oc2[c-]c3c(cc2c1C)c1cccc2c(CC(C)(C)C)c(C)c4ccnc3c4c21.[Ir]. The summed E-state index contributed by atoms with van der Waals surface area (Å²) in [6, 6.07) is 14.8. The van der Waals surface area contributed by atoms with E-state index >= 15 is 0 Å². The van der Waals surface area contributed by atoms with E-state index in [0.717, 1.165) is 59.7 Å². The van der Waals surface area contributed by atoms with Crippen LogP contribution in [0, 0.1) is 44.1 Å². The monoisotopic (exact) mass is 809 g/mol. The van der Waals surface area contributed by atoms with Crippen LogP contribution in [0.2, 0.25) is 0 Å². The quantitative estimate of drug-likeness (QED) is 0.0547. The van der Waals surface area contributed by atoms with Crippen molar-refractivity contribution < 1.29 is 34.4 Å². The first-order chi connectivity index (χ1) is 21.8. The largest absolute Gasteiger partial charge is 0.512 e. The number of pyridine rings is 1. The Morgan fingerprint density at radius 2 is 1.51 bits per heavy atom. The molecule has 2 heterocycles. The molecule has 0 spiro atoms. The van der Waals surface area contributed by atoms with Crippen LogP contribution >= 0.6 is 0 Å². The number of carbonyl (C=O) groups excluding carboxylic acids is 1. The van der Waals surface area contributed by atoms with Crippen molar-refractivity contribution in [1.82, 2.24) is 4.98 Å². The molecule has 0 bridgehead atoms. The summed E-state index contributed by atoms with van der Waals surface area (Å²) in [6.45, 7) is 21.5. The van der Waals surface area contributed by atoms with E-state index < -0.39 is 0 Å². The molecule has 2 aromatic heterocycles. The molecule has 1 radical (unpaired) electrons. The number of hydrogen-bond acceptors (Lipinski definition) is 4. The first kappa shape index (κ1) is 36.6. The van der Waals surface area contributed by atoms with Crippen LogP contribution in [0.3, 0.4) is 0 Å². The summed E-state index contributed by atoms with van der Waals surface area (Å²) in [6.07, 6.45) is 7.90. The van der Waals surface area contributed by atoms with Crippen LogP contribution in [0.15, 0.2) is 52.8 Å². The Balaban J connectivity index is 0.000000269. The molecule has 0 atom stereocenters. The molecule has 4 aromatic carbocycles. The van der Waals surface area contributed by atoms with Gasteiger partial charge in [-0.2, -0.15) is 0 Å². The van der Waals surface area contributed by atoms with Crippen LogP contribution in [0.4, 0.5) is 0 Å². The van der Waals surface area contributed by atoms with Crippen molar-refractivity contribution in [3.05, 3.63) is 76.9 Å². The molecule has 0 fully saturated rings. The third-order valence-electron chi connectivity index (χ3n) is 9.99. The van der Waals surface area contributed by atoms with E-state index in [4.69, 9.17) is 9.40 Å². The first-order valence-electron chi connectivity index (χ1n) is 17.1.